The molecule has 0 aromatic heterocycles. The molecule has 0 bridgehead atoms. The maximum absolute atomic E-state index is 12.6. The molecule has 0 aliphatic rings. The van der Waals surface area contributed by atoms with Crippen molar-refractivity contribution < 1.29 is 19.1 Å². The topological polar surface area (TPSA) is 100 Å². The highest BCUT2D eigenvalue weighted by Gasteiger charge is 2.16. The molecule has 0 fully saturated rings. The van der Waals surface area contributed by atoms with E-state index < -0.39 is 5.91 Å². The normalized spacial score (nSPS) is 10.8. The van der Waals surface area contributed by atoms with Crippen LogP contribution in [-0.2, 0) is 9.59 Å². The van der Waals surface area contributed by atoms with Gasteiger partial charge >= 0.3 is 0 Å². The minimum Gasteiger partial charge on any atom is -0.490 e. The largest absolute Gasteiger partial charge is 0.490 e. The average Bonchev–Trinajstić information content (AvgIpc) is 2.83. The third kappa shape index (κ3) is 7.36. The lowest BCUT2D eigenvalue weighted by Gasteiger charge is -2.15. The Morgan fingerprint density at radius 3 is 2.39 bits per heavy atom. The van der Waals surface area contributed by atoms with E-state index in [-0.39, 0.29) is 34.6 Å². The summed E-state index contributed by atoms with van der Waals surface area (Å²) in [6, 6.07) is 19.7. The Morgan fingerprint density at radius 1 is 0.972 bits per heavy atom. The second-order valence-electron chi connectivity index (χ2n) is 7.96. The number of nitriles is 1. The number of benzene rings is 3. The Hall–Kier alpha value is -4.28. The molecule has 2 amide bonds. The number of amides is 2. The molecule has 0 saturated carbocycles. The lowest BCUT2D eigenvalue weighted by atomic mass is 10.1. The van der Waals surface area contributed by atoms with E-state index >= 15 is 0 Å². The number of nitrogens with zero attached hydrogens (tertiary/aromatic N) is 1. The maximum Gasteiger partial charge on any atom is 0.266 e. The lowest BCUT2D eigenvalue weighted by molar-refractivity contribution is -0.118. The Morgan fingerprint density at radius 2 is 1.72 bits per heavy atom. The molecule has 0 saturated heterocycles. The number of carbonyl (C=O) groups is 2. The van der Waals surface area contributed by atoms with Gasteiger partial charge in [0.15, 0.2) is 18.1 Å². The maximum atomic E-state index is 12.6. The summed E-state index contributed by atoms with van der Waals surface area (Å²) in [5.41, 5.74) is 3.66. The number of aryl methyl sites for hydroxylation is 2. The fraction of sp³-hybridized carbons (Fsp3) is 0.179. The van der Waals surface area contributed by atoms with Crippen LogP contribution in [-0.4, -0.2) is 25.0 Å². The van der Waals surface area contributed by atoms with Gasteiger partial charge in [0.1, 0.15) is 11.6 Å². The molecule has 2 N–H and O–H groups in total. The predicted octanol–water partition coefficient (Wildman–Crippen LogP) is 5.92. The van der Waals surface area contributed by atoms with Gasteiger partial charge in [0, 0.05) is 11.4 Å². The van der Waals surface area contributed by atoms with Crippen molar-refractivity contribution in [2.45, 2.75) is 20.8 Å². The van der Waals surface area contributed by atoms with Crippen molar-refractivity contribution in [2.24, 2.45) is 0 Å². The standard InChI is InChI=1S/C28H26ClN3O4/c1-4-35-25-15-20(13-21(16-30)28(34)32-23-7-5-6-19(3)12-23)14-24(29)27(25)36-17-26(33)31-22-10-8-18(2)9-11-22/h5-15H,4,17H2,1-3H3,(H,31,33)(H,32,34)/b21-13+. The van der Waals surface area contributed by atoms with Gasteiger partial charge in [0.05, 0.1) is 11.6 Å². The number of ether oxygens (including phenoxy) is 2. The van der Waals surface area contributed by atoms with Gasteiger partial charge in [-0.05, 0) is 74.4 Å². The zero-order chi connectivity index (χ0) is 26.1. The molecule has 8 heteroatoms. The van der Waals surface area contributed by atoms with Crippen LogP contribution in [0.4, 0.5) is 11.4 Å². The number of halogens is 1. The van der Waals surface area contributed by atoms with Crippen LogP contribution in [0, 0.1) is 25.2 Å². The highest BCUT2D eigenvalue weighted by Crippen LogP contribution is 2.37. The number of hydrogen-bond acceptors (Lipinski definition) is 5. The number of carbonyl (C=O) groups excluding carboxylic acids is 2. The quantitative estimate of drug-likeness (QED) is 0.279. The predicted molar refractivity (Wildman–Crippen MR) is 141 cm³/mol. The van der Waals surface area contributed by atoms with Gasteiger partial charge in [-0.3, -0.25) is 9.59 Å². The molecule has 0 spiro atoms. The summed E-state index contributed by atoms with van der Waals surface area (Å²) >= 11 is 6.44. The summed E-state index contributed by atoms with van der Waals surface area (Å²) in [7, 11) is 0. The van der Waals surface area contributed by atoms with Crippen molar-refractivity contribution >= 4 is 40.9 Å². The SMILES string of the molecule is CCOc1cc(/C=C(\C#N)C(=O)Nc2cccc(C)c2)cc(Cl)c1OCC(=O)Nc1ccc(C)cc1. The van der Waals surface area contributed by atoms with Gasteiger partial charge < -0.3 is 20.1 Å². The van der Waals surface area contributed by atoms with Gasteiger partial charge in [-0.25, -0.2) is 0 Å². The average molecular weight is 504 g/mol. The van der Waals surface area contributed by atoms with Gasteiger partial charge in [-0.2, -0.15) is 5.26 Å². The highest BCUT2D eigenvalue weighted by atomic mass is 35.5. The lowest BCUT2D eigenvalue weighted by Crippen LogP contribution is -2.20. The minimum absolute atomic E-state index is 0.110. The van der Waals surface area contributed by atoms with Crippen molar-refractivity contribution in [3.63, 3.8) is 0 Å². The molecule has 3 aromatic carbocycles. The van der Waals surface area contributed by atoms with Crippen LogP contribution in [0.5, 0.6) is 11.5 Å². The van der Waals surface area contributed by atoms with Crippen LogP contribution in [0.25, 0.3) is 6.08 Å². The van der Waals surface area contributed by atoms with Gasteiger partial charge in [-0.1, -0.05) is 41.4 Å². The van der Waals surface area contributed by atoms with E-state index in [0.29, 0.717) is 23.5 Å². The van der Waals surface area contributed by atoms with Gasteiger partial charge in [0.25, 0.3) is 11.8 Å². The van der Waals surface area contributed by atoms with Gasteiger partial charge in [0.2, 0.25) is 0 Å². The van der Waals surface area contributed by atoms with Crippen LogP contribution >= 0.6 is 11.6 Å². The smallest absolute Gasteiger partial charge is 0.266 e. The number of rotatable bonds is 9. The molecule has 0 aliphatic carbocycles. The van der Waals surface area contributed by atoms with Crippen molar-refractivity contribution in [2.75, 3.05) is 23.8 Å². The third-order valence-electron chi connectivity index (χ3n) is 4.97. The second-order valence-corrected chi connectivity index (χ2v) is 8.37. The first-order valence-corrected chi connectivity index (χ1v) is 11.6. The molecule has 7 nitrogen and oxygen atoms in total. The summed E-state index contributed by atoms with van der Waals surface area (Å²) < 4.78 is 11.3. The molecule has 3 aromatic rings. The molecule has 36 heavy (non-hydrogen) atoms. The molecule has 0 heterocycles. The van der Waals surface area contributed by atoms with Crippen molar-refractivity contribution in [1.29, 1.82) is 5.26 Å². The summed E-state index contributed by atoms with van der Waals surface area (Å²) in [5, 5.41) is 15.2. The zero-order valence-electron chi connectivity index (χ0n) is 20.2. The number of hydrogen-bond donors (Lipinski definition) is 2. The Labute approximate surface area is 215 Å². The third-order valence-corrected chi connectivity index (χ3v) is 5.25. The number of nitrogens with one attached hydrogen (secondary N) is 2. The van der Waals surface area contributed by atoms with Crippen LogP contribution in [0.15, 0.2) is 66.2 Å². The molecule has 0 atom stereocenters. The zero-order valence-corrected chi connectivity index (χ0v) is 21.0. The first-order chi connectivity index (χ1) is 17.3. The van der Waals surface area contributed by atoms with Crippen LogP contribution in [0.3, 0.4) is 0 Å². The van der Waals surface area contributed by atoms with E-state index in [0.717, 1.165) is 11.1 Å². The van der Waals surface area contributed by atoms with E-state index in [1.807, 2.05) is 44.2 Å². The van der Waals surface area contributed by atoms with Gasteiger partial charge in [-0.15, -0.1) is 0 Å². The first-order valence-electron chi connectivity index (χ1n) is 11.2. The molecule has 0 aliphatic heterocycles. The Bertz CT molecular complexity index is 1330. The van der Waals surface area contributed by atoms with Crippen LogP contribution < -0.4 is 20.1 Å². The molecule has 0 unspecified atom stereocenters. The summed E-state index contributed by atoms with van der Waals surface area (Å²) in [6.07, 6.45) is 1.41. The van der Waals surface area contributed by atoms with Crippen LogP contribution in [0.1, 0.15) is 23.6 Å². The molecule has 0 radical (unpaired) electrons. The van der Waals surface area contributed by atoms with E-state index in [9.17, 15) is 14.9 Å². The second kappa shape index (κ2) is 12.4. The van der Waals surface area contributed by atoms with E-state index in [2.05, 4.69) is 10.6 Å². The fourth-order valence-corrected chi connectivity index (χ4v) is 3.56. The summed E-state index contributed by atoms with van der Waals surface area (Å²) in [6.45, 7) is 5.69. The summed E-state index contributed by atoms with van der Waals surface area (Å²) in [4.78, 5) is 25.0. The summed E-state index contributed by atoms with van der Waals surface area (Å²) in [5.74, 6) is -0.431. The fourth-order valence-electron chi connectivity index (χ4n) is 3.28. The van der Waals surface area contributed by atoms with Crippen molar-refractivity contribution in [3.05, 3.63) is 87.9 Å². The molecular weight excluding hydrogens is 478 g/mol. The van der Waals surface area contributed by atoms with E-state index in [4.69, 9.17) is 21.1 Å². The van der Waals surface area contributed by atoms with E-state index in [1.54, 1.807) is 37.3 Å². The van der Waals surface area contributed by atoms with E-state index in [1.165, 1.54) is 12.1 Å². The monoisotopic (exact) mass is 503 g/mol. The first kappa shape index (κ1) is 26.3. The highest BCUT2D eigenvalue weighted by molar-refractivity contribution is 6.32. The molecule has 184 valence electrons. The Balaban J connectivity index is 1.76. The number of anilines is 2. The minimum atomic E-state index is -0.551. The van der Waals surface area contributed by atoms with Crippen LogP contribution in [0.2, 0.25) is 5.02 Å². The molecule has 3 rings (SSSR count). The molecular formula is C28H26ClN3O4. The Kier molecular flexibility index (Phi) is 9.09. The van der Waals surface area contributed by atoms with Crippen molar-refractivity contribution in [3.8, 4) is 17.6 Å². The van der Waals surface area contributed by atoms with Crippen molar-refractivity contribution in [1.82, 2.24) is 0 Å².